The van der Waals surface area contributed by atoms with Crippen LogP contribution in [0.5, 0.6) is 0 Å². The third-order valence-corrected chi connectivity index (χ3v) is 5.15. The van der Waals surface area contributed by atoms with E-state index in [0.717, 1.165) is 5.56 Å². The van der Waals surface area contributed by atoms with Crippen molar-refractivity contribution in [3.63, 3.8) is 0 Å². The Morgan fingerprint density at radius 1 is 1.18 bits per heavy atom. The summed E-state index contributed by atoms with van der Waals surface area (Å²) in [5.74, 6) is -0.580. The highest BCUT2D eigenvalue weighted by Gasteiger charge is 2.24. The van der Waals surface area contributed by atoms with Gasteiger partial charge in [0.1, 0.15) is 6.04 Å². The quantitative estimate of drug-likeness (QED) is 0.436. The zero-order valence-corrected chi connectivity index (χ0v) is 17.7. The van der Waals surface area contributed by atoms with Crippen LogP contribution in [0.25, 0.3) is 10.9 Å². The number of rotatable bonds is 7. The van der Waals surface area contributed by atoms with E-state index in [2.05, 4.69) is 27.1 Å². The van der Waals surface area contributed by atoms with E-state index in [1.54, 1.807) is 61.7 Å². The molecule has 0 saturated heterocycles. The highest BCUT2D eigenvalue weighted by atomic mass is 19.3. The largest absolute Gasteiger partial charge is 0.353 e. The van der Waals surface area contributed by atoms with Crippen LogP contribution in [0, 0.1) is 6.92 Å². The molecule has 168 valence electrons. The van der Waals surface area contributed by atoms with Gasteiger partial charge in [-0.3, -0.25) is 9.59 Å². The van der Waals surface area contributed by atoms with E-state index < -0.39 is 18.0 Å². The van der Waals surface area contributed by atoms with E-state index in [1.807, 2.05) is 0 Å². The molecule has 33 heavy (non-hydrogen) atoms. The van der Waals surface area contributed by atoms with Crippen LogP contribution in [0.2, 0.25) is 0 Å². The maximum absolute atomic E-state index is 13.8. The van der Waals surface area contributed by atoms with Gasteiger partial charge in [0, 0.05) is 5.39 Å². The van der Waals surface area contributed by atoms with Crippen LogP contribution in [0.15, 0.2) is 70.7 Å². The fraction of sp³-hybridized carbons (Fsp3) is 0.174. The Bertz CT molecular complexity index is 1380. The van der Waals surface area contributed by atoms with Crippen molar-refractivity contribution in [2.24, 2.45) is 4.99 Å². The van der Waals surface area contributed by atoms with Gasteiger partial charge >= 0.3 is 5.56 Å². The molecular formula is C23H20F2N6O2. The van der Waals surface area contributed by atoms with Crippen molar-refractivity contribution in [1.82, 2.24) is 19.5 Å². The Labute approximate surface area is 187 Å². The summed E-state index contributed by atoms with van der Waals surface area (Å²) in [6.07, 6.45) is 0.297. The first-order valence-electron chi connectivity index (χ1n) is 10.0. The lowest BCUT2D eigenvalue weighted by Gasteiger charge is -2.20. The fourth-order valence-corrected chi connectivity index (χ4v) is 3.53. The normalized spacial score (nSPS) is 12.1. The van der Waals surface area contributed by atoms with E-state index in [1.165, 1.54) is 15.7 Å². The summed E-state index contributed by atoms with van der Waals surface area (Å²) in [6, 6.07) is 11.9. The van der Waals surface area contributed by atoms with Gasteiger partial charge in [-0.25, -0.2) is 18.8 Å². The Balaban J connectivity index is 1.74. The molecule has 0 aliphatic carbocycles. The summed E-state index contributed by atoms with van der Waals surface area (Å²) in [5.41, 5.74) is 1.48. The van der Waals surface area contributed by atoms with Crippen LogP contribution < -0.4 is 10.9 Å². The summed E-state index contributed by atoms with van der Waals surface area (Å²) in [5, 5.41) is 7.58. The summed E-state index contributed by atoms with van der Waals surface area (Å²) in [7, 11) is 0. The molecular weight excluding hydrogens is 430 g/mol. The van der Waals surface area contributed by atoms with Crippen LogP contribution >= 0.6 is 0 Å². The van der Waals surface area contributed by atoms with Crippen molar-refractivity contribution >= 4 is 29.3 Å². The smallest absolute Gasteiger partial charge is 0.313 e. The van der Waals surface area contributed by atoms with Gasteiger partial charge in [0.2, 0.25) is 5.91 Å². The van der Waals surface area contributed by atoms with E-state index >= 15 is 0 Å². The topological polar surface area (TPSA) is 94.2 Å². The molecule has 2 aromatic heterocycles. The second-order valence-electron chi connectivity index (χ2n) is 7.39. The molecule has 8 nitrogen and oxygen atoms in total. The number of aryl methyl sites for hydroxylation is 1. The van der Waals surface area contributed by atoms with Gasteiger partial charge in [-0.15, -0.1) is 0 Å². The molecule has 1 N–H and O–H groups in total. The average molecular weight is 450 g/mol. The first-order valence-corrected chi connectivity index (χ1v) is 10.0. The van der Waals surface area contributed by atoms with Crippen LogP contribution in [-0.4, -0.2) is 38.6 Å². The maximum atomic E-state index is 13.8. The Hall–Kier alpha value is -4.21. The lowest BCUT2D eigenvalue weighted by Crippen LogP contribution is -2.33. The predicted octanol–water partition coefficient (Wildman–Crippen LogP) is 3.40. The predicted molar refractivity (Wildman–Crippen MR) is 121 cm³/mol. The van der Waals surface area contributed by atoms with Gasteiger partial charge < -0.3 is 5.32 Å². The molecule has 0 radical (unpaired) electrons. The third kappa shape index (κ3) is 4.40. The molecule has 0 spiro atoms. The van der Waals surface area contributed by atoms with Crippen LogP contribution in [0.1, 0.15) is 22.9 Å². The molecule has 2 heterocycles. The third-order valence-electron chi connectivity index (χ3n) is 5.15. The van der Waals surface area contributed by atoms with Crippen molar-refractivity contribution < 1.29 is 13.6 Å². The number of aliphatic imine (C=N–C) groups is 1. The van der Waals surface area contributed by atoms with E-state index in [-0.39, 0.29) is 18.1 Å². The molecule has 0 fully saturated rings. The van der Waals surface area contributed by atoms with E-state index in [4.69, 9.17) is 0 Å². The summed E-state index contributed by atoms with van der Waals surface area (Å²) in [4.78, 5) is 33.6. The number of nitrogens with zero attached hydrogens (tertiary/aromatic N) is 5. The molecule has 10 heteroatoms. The minimum atomic E-state index is -2.76. The number of benzene rings is 2. The number of amides is 1. The van der Waals surface area contributed by atoms with Gasteiger partial charge in [-0.1, -0.05) is 36.4 Å². The first kappa shape index (κ1) is 22.0. The number of fused-ring (bicyclic) bond motifs is 1. The van der Waals surface area contributed by atoms with Crippen LogP contribution in [-0.2, 0) is 11.2 Å². The number of aromatic nitrogens is 4. The monoisotopic (exact) mass is 450 g/mol. The van der Waals surface area contributed by atoms with Gasteiger partial charge in [-0.05, 0) is 36.9 Å². The summed E-state index contributed by atoms with van der Waals surface area (Å²) < 4.78 is 28.8. The van der Waals surface area contributed by atoms with Crippen molar-refractivity contribution in [1.29, 1.82) is 0 Å². The number of halogens is 2. The standard InChI is InChI=1S/C23H20F2N6O2/c1-14-12-27-22(29-20(21(24)25)16-6-4-3-5-7-16)23(33)30(14)31-18-9-8-15(11-19(32)26-2)10-17(18)13-28-31/h3-10,12-13,20-21H,2,11H2,1H3,(H,27,29). The molecule has 0 aliphatic heterocycles. The Morgan fingerprint density at radius 3 is 2.64 bits per heavy atom. The van der Waals surface area contributed by atoms with Crippen LogP contribution in [0.3, 0.4) is 0 Å². The SMILES string of the molecule is C=NC(=O)Cc1ccc2c(cnn2-n2c(C)cnc(NC(c3ccccc3)C(F)F)c2=O)c1. The molecule has 4 aromatic rings. The highest BCUT2D eigenvalue weighted by Crippen LogP contribution is 2.24. The number of carbonyl (C=O) groups excluding carboxylic acids is 1. The molecule has 1 atom stereocenters. The van der Waals surface area contributed by atoms with Crippen molar-refractivity contribution in [3.8, 4) is 0 Å². The van der Waals surface area contributed by atoms with E-state index in [9.17, 15) is 18.4 Å². The minimum absolute atomic E-state index is 0.0986. The lowest BCUT2D eigenvalue weighted by atomic mass is 10.1. The minimum Gasteiger partial charge on any atom is -0.353 e. The maximum Gasteiger partial charge on any atom is 0.313 e. The number of hydrogen-bond donors (Lipinski definition) is 1. The summed E-state index contributed by atoms with van der Waals surface area (Å²) in [6.45, 7) is 4.89. The zero-order valence-electron chi connectivity index (χ0n) is 17.7. The van der Waals surface area contributed by atoms with Crippen molar-refractivity contribution in [3.05, 3.63) is 88.1 Å². The molecule has 2 aromatic carbocycles. The zero-order chi connectivity index (χ0) is 23.5. The number of hydrogen-bond acceptors (Lipinski definition) is 5. The fourth-order valence-electron chi connectivity index (χ4n) is 3.53. The number of anilines is 1. The lowest BCUT2D eigenvalue weighted by molar-refractivity contribution is -0.117. The molecule has 0 aliphatic rings. The molecule has 4 rings (SSSR count). The highest BCUT2D eigenvalue weighted by molar-refractivity contribution is 5.85. The second kappa shape index (κ2) is 9.11. The Morgan fingerprint density at radius 2 is 1.94 bits per heavy atom. The average Bonchev–Trinajstić information content (AvgIpc) is 3.22. The van der Waals surface area contributed by atoms with Gasteiger partial charge in [0.25, 0.3) is 6.43 Å². The van der Waals surface area contributed by atoms with Crippen LogP contribution in [0.4, 0.5) is 14.6 Å². The number of nitrogens with one attached hydrogen (secondary N) is 1. The van der Waals surface area contributed by atoms with Gasteiger partial charge in [0.05, 0.1) is 30.0 Å². The van der Waals surface area contributed by atoms with E-state index in [0.29, 0.717) is 22.2 Å². The second-order valence-corrected chi connectivity index (χ2v) is 7.39. The number of alkyl halides is 2. The molecule has 1 unspecified atom stereocenters. The van der Waals surface area contributed by atoms with Crippen molar-refractivity contribution in [2.75, 3.05) is 5.32 Å². The first-order chi connectivity index (χ1) is 15.9. The summed E-state index contributed by atoms with van der Waals surface area (Å²) >= 11 is 0. The molecule has 0 bridgehead atoms. The number of carbonyl (C=O) groups is 1. The Kier molecular flexibility index (Phi) is 6.07. The molecule has 0 saturated carbocycles. The van der Waals surface area contributed by atoms with Gasteiger partial charge in [0.15, 0.2) is 5.82 Å². The molecule has 1 amide bonds. The van der Waals surface area contributed by atoms with Gasteiger partial charge in [-0.2, -0.15) is 14.6 Å². The van der Waals surface area contributed by atoms with Crippen molar-refractivity contribution in [2.45, 2.75) is 25.8 Å².